The van der Waals surface area contributed by atoms with Gasteiger partial charge in [0.25, 0.3) is 0 Å². The van der Waals surface area contributed by atoms with Crippen LogP contribution < -0.4 is 10.1 Å². The van der Waals surface area contributed by atoms with E-state index in [4.69, 9.17) is 4.74 Å². The monoisotopic (exact) mass is 510 g/mol. The molecular weight excluding hydrogens is 480 g/mol. The highest BCUT2D eigenvalue weighted by Gasteiger charge is 2.31. The Balaban J connectivity index is 1.51. The second-order valence-electron chi connectivity index (χ2n) is 9.12. The van der Waals surface area contributed by atoms with Gasteiger partial charge in [-0.1, -0.05) is 12.1 Å². The summed E-state index contributed by atoms with van der Waals surface area (Å²) in [5, 5.41) is 3.26. The van der Waals surface area contributed by atoms with Gasteiger partial charge in [-0.3, -0.25) is 14.6 Å². The van der Waals surface area contributed by atoms with Crippen LogP contribution in [0.3, 0.4) is 0 Å². The van der Waals surface area contributed by atoms with Crippen LogP contribution in [0.15, 0.2) is 42.6 Å². The van der Waals surface area contributed by atoms with Crippen molar-refractivity contribution in [2.75, 3.05) is 31.0 Å². The van der Waals surface area contributed by atoms with Gasteiger partial charge in [0, 0.05) is 24.7 Å². The number of pyridine rings is 2. The highest BCUT2D eigenvalue weighted by molar-refractivity contribution is 7.91. The molecule has 1 aromatic carbocycles. The summed E-state index contributed by atoms with van der Waals surface area (Å²) in [6.07, 6.45) is 2.36. The lowest BCUT2D eigenvalue weighted by atomic mass is 9.99. The third-order valence-electron chi connectivity index (χ3n) is 6.75. The Kier molecular flexibility index (Phi) is 7.26. The zero-order chi connectivity index (χ0) is 26.0. The molecule has 4 rings (SSSR count). The van der Waals surface area contributed by atoms with Crippen LogP contribution in [0.5, 0.6) is 5.88 Å². The number of amides is 1. The first-order valence-electron chi connectivity index (χ1n) is 11.8. The number of rotatable bonds is 7. The van der Waals surface area contributed by atoms with Gasteiger partial charge in [-0.25, -0.2) is 13.4 Å². The number of aromatic nitrogens is 2. The van der Waals surface area contributed by atoms with Crippen molar-refractivity contribution in [2.45, 2.75) is 32.7 Å². The van der Waals surface area contributed by atoms with Gasteiger partial charge < -0.3 is 15.0 Å². The van der Waals surface area contributed by atoms with Crippen LogP contribution in [0.1, 0.15) is 48.7 Å². The Bertz CT molecular complexity index is 1390. The number of benzene rings is 1. The van der Waals surface area contributed by atoms with Crippen molar-refractivity contribution >= 4 is 43.9 Å². The fourth-order valence-corrected chi connectivity index (χ4v) is 5.94. The van der Waals surface area contributed by atoms with Crippen molar-refractivity contribution in [3.8, 4) is 5.88 Å². The summed E-state index contributed by atoms with van der Waals surface area (Å²) in [6.45, 7) is 3.43. The Hall–Kier alpha value is -3.53. The minimum Gasteiger partial charge on any atom is -0.481 e. The van der Waals surface area contributed by atoms with Crippen LogP contribution in [-0.2, 0) is 14.6 Å². The molecule has 0 saturated carbocycles. The molecule has 3 aromatic rings. The molecule has 1 N–H and O–H groups in total. The summed E-state index contributed by atoms with van der Waals surface area (Å²) in [4.78, 5) is 36.0. The third-order valence-corrected chi connectivity index (χ3v) is 8.47. The fourth-order valence-electron chi connectivity index (χ4n) is 4.45. The second-order valence-corrected chi connectivity index (χ2v) is 11.4. The summed E-state index contributed by atoms with van der Waals surface area (Å²) in [5.41, 5.74) is 3.72. The largest absolute Gasteiger partial charge is 0.481 e. The molecule has 1 atom stereocenters. The Morgan fingerprint density at radius 1 is 1.11 bits per heavy atom. The van der Waals surface area contributed by atoms with Gasteiger partial charge in [0.05, 0.1) is 47.6 Å². The molecule has 1 amide bonds. The molecule has 10 heteroatoms. The average Bonchev–Trinajstić information content (AvgIpc) is 2.87. The van der Waals surface area contributed by atoms with E-state index < -0.39 is 9.84 Å². The molecule has 0 unspecified atom stereocenters. The molecule has 1 saturated heterocycles. The standard InChI is InChI=1S/C26H30N4O5S/c1-16(30(3)26(32)19-11-13-36(33,34)14-12-19)18-5-7-20(8-6-18)28-22-15-27-21-9-10-23(35-4)29-25(21)24(22)17(2)31/h5-10,15-16,19,28H,11-14H2,1-4H3/t16-/m1/s1. The molecule has 0 spiro atoms. The molecule has 190 valence electrons. The first kappa shape index (κ1) is 25.6. The molecule has 3 heterocycles. The zero-order valence-electron chi connectivity index (χ0n) is 20.8. The lowest BCUT2D eigenvalue weighted by Gasteiger charge is -2.31. The summed E-state index contributed by atoms with van der Waals surface area (Å²) in [6, 6.07) is 10.9. The van der Waals surface area contributed by atoms with E-state index in [1.54, 1.807) is 30.3 Å². The molecule has 0 aliphatic carbocycles. The smallest absolute Gasteiger partial charge is 0.225 e. The topological polar surface area (TPSA) is 119 Å². The number of anilines is 2. The number of sulfone groups is 1. The van der Waals surface area contributed by atoms with Crippen LogP contribution >= 0.6 is 0 Å². The molecule has 0 radical (unpaired) electrons. The maximum Gasteiger partial charge on any atom is 0.225 e. The Morgan fingerprint density at radius 2 is 1.78 bits per heavy atom. The van der Waals surface area contributed by atoms with Gasteiger partial charge >= 0.3 is 0 Å². The predicted octanol–water partition coefficient (Wildman–Crippen LogP) is 3.93. The van der Waals surface area contributed by atoms with Gasteiger partial charge in [0.2, 0.25) is 11.8 Å². The molecule has 2 aromatic heterocycles. The summed E-state index contributed by atoms with van der Waals surface area (Å²) >= 11 is 0. The number of nitrogens with one attached hydrogen (secondary N) is 1. The number of ether oxygens (including phenoxy) is 1. The Labute approximate surface area is 210 Å². The first-order valence-corrected chi connectivity index (χ1v) is 13.6. The van der Waals surface area contributed by atoms with Gasteiger partial charge in [0.15, 0.2) is 5.78 Å². The summed E-state index contributed by atoms with van der Waals surface area (Å²) in [7, 11) is 0.256. The van der Waals surface area contributed by atoms with Gasteiger partial charge in [-0.2, -0.15) is 0 Å². The van der Waals surface area contributed by atoms with Crippen molar-refractivity contribution in [2.24, 2.45) is 5.92 Å². The molecular formula is C26H30N4O5S. The molecule has 0 bridgehead atoms. The number of carbonyl (C=O) groups excluding carboxylic acids is 2. The number of ketones is 1. The molecule has 1 aliphatic rings. The summed E-state index contributed by atoms with van der Waals surface area (Å²) < 4.78 is 28.6. The van der Waals surface area contributed by atoms with Crippen molar-refractivity contribution in [3.63, 3.8) is 0 Å². The fraction of sp³-hybridized carbons (Fsp3) is 0.385. The van der Waals surface area contributed by atoms with Crippen LogP contribution in [0, 0.1) is 5.92 Å². The first-order chi connectivity index (χ1) is 17.1. The van der Waals surface area contributed by atoms with E-state index in [2.05, 4.69) is 15.3 Å². The quantitative estimate of drug-likeness (QED) is 0.475. The van der Waals surface area contributed by atoms with E-state index in [0.717, 1.165) is 11.3 Å². The summed E-state index contributed by atoms with van der Waals surface area (Å²) in [5.74, 6) is 0.0955. The number of fused-ring (bicyclic) bond motifs is 1. The molecule has 36 heavy (non-hydrogen) atoms. The van der Waals surface area contributed by atoms with E-state index >= 15 is 0 Å². The average molecular weight is 511 g/mol. The van der Waals surface area contributed by atoms with Crippen molar-refractivity contribution in [1.82, 2.24) is 14.9 Å². The van der Waals surface area contributed by atoms with Crippen LogP contribution in [-0.4, -0.2) is 60.6 Å². The maximum atomic E-state index is 13.0. The lowest BCUT2D eigenvalue weighted by Crippen LogP contribution is -2.38. The van der Waals surface area contributed by atoms with Crippen molar-refractivity contribution in [3.05, 3.63) is 53.7 Å². The normalized spacial score (nSPS) is 16.3. The van der Waals surface area contributed by atoms with Gasteiger partial charge in [-0.05, 0) is 50.5 Å². The van der Waals surface area contributed by atoms with Crippen molar-refractivity contribution < 1.29 is 22.7 Å². The van der Waals surface area contributed by atoms with Crippen LogP contribution in [0.2, 0.25) is 0 Å². The molecule has 1 aliphatic heterocycles. The van der Waals surface area contributed by atoms with Crippen molar-refractivity contribution in [1.29, 1.82) is 0 Å². The van der Waals surface area contributed by atoms with E-state index in [-0.39, 0.29) is 35.2 Å². The van der Waals surface area contributed by atoms with E-state index in [1.165, 1.54) is 14.0 Å². The number of hydrogen-bond donors (Lipinski definition) is 1. The van der Waals surface area contributed by atoms with E-state index in [9.17, 15) is 18.0 Å². The number of carbonyl (C=O) groups is 2. The highest BCUT2D eigenvalue weighted by atomic mass is 32.2. The SMILES string of the molecule is COc1ccc2ncc(Nc3ccc([C@@H](C)N(C)C(=O)C4CCS(=O)(=O)CC4)cc3)c(C(C)=O)c2n1. The maximum absolute atomic E-state index is 13.0. The van der Waals surface area contributed by atoms with E-state index in [0.29, 0.717) is 41.0 Å². The third kappa shape index (κ3) is 5.33. The van der Waals surface area contributed by atoms with Crippen LogP contribution in [0.4, 0.5) is 11.4 Å². The number of methoxy groups -OCH3 is 1. The minimum absolute atomic E-state index is 0.0316. The van der Waals surface area contributed by atoms with Gasteiger partial charge in [0.1, 0.15) is 15.4 Å². The van der Waals surface area contributed by atoms with Crippen LogP contribution in [0.25, 0.3) is 11.0 Å². The minimum atomic E-state index is -3.02. The number of Topliss-reactive ketones (excluding diaryl/α,β-unsaturated/α-hetero) is 1. The van der Waals surface area contributed by atoms with E-state index in [1.807, 2.05) is 31.2 Å². The Morgan fingerprint density at radius 3 is 2.39 bits per heavy atom. The van der Waals surface area contributed by atoms with Gasteiger partial charge in [-0.15, -0.1) is 0 Å². The predicted molar refractivity (Wildman–Crippen MR) is 138 cm³/mol. The second kappa shape index (κ2) is 10.2. The molecule has 9 nitrogen and oxygen atoms in total. The lowest BCUT2D eigenvalue weighted by molar-refractivity contribution is -0.136. The molecule has 1 fully saturated rings. The zero-order valence-corrected chi connectivity index (χ0v) is 21.6. The number of nitrogens with zero attached hydrogens (tertiary/aromatic N) is 3. The number of hydrogen-bond acceptors (Lipinski definition) is 8. The highest BCUT2D eigenvalue weighted by Crippen LogP contribution is 2.30.